The first-order valence-corrected chi connectivity index (χ1v) is 17.9. The minimum absolute atomic E-state index is 0.688. The SMILES string of the molecule is c1ccc(-c2cccc(-c3cc(-c4cc(-c5ccccc5)cc(-c5ccc6oc7ccc8ccccc8c7c6c5)c4)nc(-c4ccccc4)n3)c2)cc1. The van der Waals surface area contributed by atoms with E-state index in [-0.39, 0.29) is 0 Å². The molecule has 0 aliphatic heterocycles. The molecule has 10 rings (SSSR count). The molecule has 0 aliphatic rings. The molecule has 0 atom stereocenters. The van der Waals surface area contributed by atoms with Gasteiger partial charge in [-0.3, -0.25) is 0 Å². The lowest BCUT2D eigenvalue weighted by atomic mass is 9.93. The van der Waals surface area contributed by atoms with Crippen LogP contribution >= 0.6 is 0 Å². The van der Waals surface area contributed by atoms with Gasteiger partial charge in [-0.2, -0.15) is 0 Å². The van der Waals surface area contributed by atoms with Crippen molar-refractivity contribution in [1.29, 1.82) is 0 Å². The van der Waals surface area contributed by atoms with Crippen LogP contribution in [0.5, 0.6) is 0 Å². The van der Waals surface area contributed by atoms with Crippen molar-refractivity contribution in [3.63, 3.8) is 0 Å². The first-order chi connectivity index (χ1) is 26.2. The molecule has 3 heteroatoms. The fourth-order valence-corrected chi connectivity index (χ4v) is 7.41. The minimum Gasteiger partial charge on any atom is -0.456 e. The Hall–Kier alpha value is -7.10. The lowest BCUT2D eigenvalue weighted by molar-refractivity contribution is 0.669. The van der Waals surface area contributed by atoms with Crippen molar-refractivity contribution in [2.45, 2.75) is 0 Å². The van der Waals surface area contributed by atoms with Gasteiger partial charge in [-0.15, -0.1) is 0 Å². The molecule has 0 bridgehead atoms. The number of hydrogen-bond acceptors (Lipinski definition) is 3. The molecule has 0 radical (unpaired) electrons. The van der Waals surface area contributed by atoms with Gasteiger partial charge in [0.2, 0.25) is 0 Å². The van der Waals surface area contributed by atoms with E-state index in [1.807, 2.05) is 24.3 Å². The maximum Gasteiger partial charge on any atom is 0.160 e. The summed E-state index contributed by atoms with van der Waals surface area (Å²) in [4.78, 5) is 10.4. The number of benzene rings is 8. The van der Waals surface area contributed by atoms with Gasteiger partial charge in [-0.1, -0.05) is 146 Å². The average Bonchev–Trinajstić information content (AvgIpc) is 3.63. The van der Waals surface area contributed by atoms with Crippen molar-refractivity contribution in [2.24, 2.45) is 0 Å². The van der Waals surface area contributed by atoms with E-state index < -0.39 is 0 Å². The van der Waals surface area contributed by atoms with E-state index in [9.17, 15) is 0 Å². The summed E-state index contributed by atoms with van der Waals surface area (Å²) >= 11 is 0. The van der Waals surface area contributed by atoms with Crippen LogP contribution in [0.15, 0.2) is 199 Å². The highest BCUT2D eigenvalue weighted by Crippen LogP contribution is 2.39. The van der Waals surface area contributed by atoms with E-state index in [0.29, 0.717) is 5.82 Å². The standard InChI is InChI=1S/C50H32N2O/c1-4-13-33(14-5-1)37-20-12-21-39(27-37)45-32-46(52-50(51-45)36-18-8-3-9-19-36)42-29-40(34-15-6-2-7-16-34)28-41(30-42)38-24-25-47-44(31-38)49-43-22-11-10-17-35(43)23-26-48(49)53-47/h1-32H. The molecule has 0 saturated carbocycles. The molecule has 0 N–H and O–H groups in total. The second kappa shape index (κ2) is 12.9. The Morgan fingerprint density at radius 2 is 0.830 bits per heavy atom. The van der Waals surface area contributed by atoms with Gasteiger partial charge in [0, 0.05) is 27.5 Å². The number of nitrogens with zero attached hydrogens (tertiary/aromatic N) is 2. The molecule has 0 amide bonds. The first-order valence-electron chi connectivity index (χ1n) is 17.9. The second-order valence-electron chi connectivity index (χ2n) is 13.4. The molecule has 0 aliphatic carbocycles. The highest BCUT2D eigenvalue weighted by molar-refractivity contribution is 6.19. The van der Waals surface area contributed by atoms with E-state index in [1.54, 1.807) is 0 Å². The molecule has 0 fully saturated rings. The zero-order chi connectivity index (χ0) is 35.1. The summed E-state index contributed by atoms with van der Waals surface area (Å²) in [6.45, 7) is 0. The lowest BCUT2D eigenvalue weighted by Crippen LogP contribution is -1.97. The Morgan fingerprint density at radius 3 is 1.58 bits per heavy atom. The highest BCUT2D eigenvalue weighted by Gasteiger charge is 2.16. The fourth-order valence-electron chi connectivity index (χ4n) is 7.41. The van der Waals surface area contributed by atoms with Gasteiger partial charge in [-0.05, 0) is 92.7 Å². The van der Waals surface area contributed by atoms with Crippen LogP contribution in [0.25, 0.3) is 100.0 Å². The van der Waals surface area contributed by atoms with Crippen LogP contribution in [-0.4, -0.2) is 9.97 Å². The summed E-state index contributed by atoms with van der Waals surface area (Å²) in [5, 5.41) is 4.64. The van der Waals surface area contributed by atoms with Gasteiger partial charge in [0.1, 0.15) is 11.2 Å². The second-order valence-corrected chi connectivity index (χ2v) is 13.4. The van der Waals surface area contributed by atoms with Crippen molar-refractivity contribution < 1.29 is 4.42 Å². The molecule has 248 valence electrons. The molecular formula is C50H32N2O. The lowest BCUT2D eigenvalue weighted by Gasteiger charge is -2.14. The third-order valence-corrected chi connectivity index (χ3v) is 10.1. The number of fused-ring (bicyclic) bond motifs is 5. The van der Waals surface area contributed by atoms with Crippen molar-refractivity contribution in [2.75, 3.05) is 0 Å². The number of aromatic nitrogens is 2. The molecule has 3 nitrogen and oxygen atoms in total. The van der Waals surface area contributed by atoms with Gasteiger partial charge < -0.3 is 4.42 Å². The number of hydrogen-bond donors (Lipinski definition) is 0. The number of rotatable bonds is 6. The average molecular weight is 677 g/mol. The summed E-state index contributed by atoms with van der Waals surface area (Å²) in [5.74, 6) is 0.688. The van der Waals surface area contributed by atoms with Crippen LogP contribution in [0, 0.1) is 0 Å². The maximum absolute atomic E-state index is 6.37. The molecule has 10 aromatic rings. The maximum atomic E-state index is 6.37. The van der Waals surface area contributed by atoms with E-state index in [2.05, 4.69) is 170 Å². The van der Waals surface area contributed by atoms with Crippen LogP contribution in [0.1, 0.15) is 0 Å². The summed E-state index contributed by atoms with van der Waals surface area (Å²) in [6.07, 6.45) is 0. The zero-order valence-electron chi connectivity index (χ0n) is 28.8. The van der Waals surface area contributed by atoms with Gasteiger partial charge in [0.15, 0.2) is 5.82 Å². The molecule has 8 aromatic carbocycles. The normalized spacial score (nSPS) is 11.4. The third kappa shape index (κ3) is 5.75. The fraction of sp³-hybridized carbons (Fsp3) is 0. The molecule has 53 heavy (non-hydrogen) atoms. The molecular weight excluding hydrogens is 645 g/mol. The Morgan fingerprint density at radius 1 is 0.302 bits per heavy atom. The largest absolute Gasteiger partial charge is 0.456 e. The van der Waals surface area contributed by atoms with Crippen LogP contribution < -0.4 is 0 Å². The van der Waals surface area contributed by atoms with Crippen LogP contribution in [0.3, 0.4) is 0 Å². The zero-order valence-corrected chi connectivity index (χ0v) is 28.8. The molecule has 0 saturated heterocycles. The Labute approximate surface area is 307 Å². The van der Waals surface area contributed by atoms with Crippen molar-refractivity contribution in [3.05, 3.63) is 194 Å². The van der Waals surface area contributed by atoms with E-state index in [0.717, 1.165) is 77.8 Å². The number of furan rings is 1. The van der Waals surface area contributed by atoms with Crippen molar-refractivity contribution in [1.82, 2.24) is 9.97 Å². The summed E-state index contributed by atoms with van der Waals surface area (Å²) in [5.41, 5.74) is 13.3. The Balaban J connectivity index is 1.18. The summed E-state index contributed by atoms with van der Waals surface area (Å²) in [6, 6.07) is 68.1. The Kier molecular flexibility index (Phi) is 7.47. The summed E-state index contributed by atoms with van der Waals surface area (Å²) < 4.78 is 6.37. The molecule has 0 spiro atoms. The molecule has 2 aromatic heterocycles. The smallest absolute Gasteiger partial charge is 0.160 e. The van der Waals surface area contributed by atoms with E-state index >= 15 is 0 Å². The van der Waals surface area contributed by atoms with Gasteiger partial charge in [0.05, 0.1) is 11.4 Å². The quantitative estimate of drug-likeness (QED) is 0.176. The van der Waals surface area contributed by atoms with Crippen LogP contribution in [-0.2, 0) is 0 Å². The van der Waals surface area contributed by atoms with Crippen LogP contribution in [0.2, 0.25) is 0 Å². The predicted molar refractivity (Wildman–Crippen MR) is 219 cm³/mol. The van der Waals surface area contributed by atoms with E-state index in [4.69, 9.17) is 14.4 Å². The van der Waals surface area contributed by atoms with Gasteiger partial charge in [-0.25, -0.2) is 9.97 Å². The molecule has 0 unspecified atom stereocenters. The Bertz CT molecular complexity index is 2930. The first kappa shape index (κ1) is 30.7. The monoisotopic (exact) mass is 676 g/mol. The summed E-state index contributed by atoms with van der Waals surface area (Å²) in [7, 11) is 0. The van der Waals surface area contributed by atoms with Gasteiger partial charge >= 0.3 is 0 Å². The van der Waals surface area contributed by atoms with Crippen LogP contribution in [0.4, 0.5) is 0 Å². The minimum atomic E-state index is 0.688. The van der Waals surface area contributed by atoms with Crippen molar-refractivity contribution >= 4 is 32.7 Å². The topological polar surface area (TPSA) is 38.9 Å². The van der Waals surface area contributed by atoms with Gasteiger partial charge in [0.25, 0.3) is 0 Å². The van der Waals surface area contributed by atoms with Crippen molar-refractivity contribution in [3.8, 4) is 67.3 Å². The third-order valence-electron chi connectivity index (χ3n) is 10.1. The highest BCUT2D eigenvalue weighted by atomic mass is 16.3. The van der Waals surface area contributed by atoms with E-state index in [1.165, 1.54) is 16.3 Å². The molecule has 2 heterocycles. The predicted octanol–water partition coefficient (Wildman–Crippen LogP) is 13.5.